The molecule has 4 aromatic heterocycles. The van der Waals surface area contributed by atoms with Crippen LogP contribution in [0.2, 0.25) is 0 Å². The van der Waals surface area contributed by atoms with Crippen LogP contribution in [0, 0.1) is 0 Å². The topological polar surface area (TPSA) is 112 Å². The molecule has 0 amide bonds. The summed E-state index contributed by atoms with van der Waals surface area (Å²) >= 11 is 0. The van der Waals surface area contributed by atoms with Gasteiger partial charge in [0.1, 0.15) is 17.6 Å². The summed E-state index contributed by atoms with van der Waals surface area (Å²) in [5, 5.41) is 3.36. The third-order valence-corrected chi connectivity index (χ3v) is 5.33. The first-order chi connectivity index (χ1) is 13.7. The minimum atomic E-state index is -4.71. The fourth-order valence-electron chi connectivity index (χ4n) is 2.54. The summed E-state index contributed by atoms with van der Waals surface area (Å²) in [5.41, 5.74) is 1.92. The molecule has 0 N–H and O–H groups in total. The van der Waals surface area contributed by atoms with Crippen LogP contribution >= 0.6 is 0 Å². The summed E-state index contributed by atoms with van der Waals surface area (Å²) < 4.78 is 65.4. The maximum atomic E-state index is 12.7. The van der Waals surface area contributed by atoms with Crippen molar-refractivity contribution in [2.24, 2.45) is 4.36 Å². The van der Waals surface area contributed by atoms with Crippen LogP contribution in [0.1, 0.15) is 17.3 Å². The van der Waals surface area contributed by atoms with E-state index in [2.05, 4.69) is 29.0 Å². The molecule has 0 aliphatic heterocycles. The monoisotopic (exact) mass is 426 g/mol. The van der Waals surface area contributed by atoms with E-state index in [0.29, 0.717) is 22.6 Å². The molecule has 0 aliphatic carbocycles. The Bertz CT molecular complexity index is 1270. The summed E-state index contributed by atoms with van der Waals surface area (Å²) in [5.74, 6) is -1.52. The van der Waals surface area contributed by atoms with Gasteiger partial charge in [0.25, 0.3) is 0 Å². The van der Waals surface area contributed by atoms with Gasteiger partial charge in [-0.15, -0.1) is 0 Å². The van der Waals surface area contributed by atoms with E-state index in [1.165, 1.54) is 31.2 Å². The van der Waals surface area contributed by atoms with Crippen LogP contribution in [0.15, 0.2) is 50.5 Å². The Labute approximate surface area is 161 Å². The van der Waals surface area contributed by atoms with Gasteiger partial charge in [-0.25, -0.2) is 18.5 Å². The lowest BCUT2D eigenvalue weighted by atomic mass is 10.3. The fourth-order valence-corrected chi connectivity index (χ4v) is 3.72. The van der Waals surface area contributed by atoms with Gasteiger partial charge in [0.05, 0.1) is 18.0 Å². The van der Waals surface area contributed by atoms with Crippen LogP contribution in [0.25, 0.3) is 17.0 Å². The van der Waals surface area contributed by atoms with E-state index in [1.807, 2.05) is 0 Å². The van der Waals surface area contributed by atoms with E-state index < -0.39 is 21.8 Å². The Kier molecular flexibility index (Phi) is 4.61. The number of nitrogens with zero attached hydrogens (tertiary/aromatic N) is 6. The molecular formula is C16H13F3N6O3S. The SMILES string of the molecule is CS(=O)(Cc1cn2cc(-c3noc(C(F)(F)F)n3)ccc2n1)=NCc1cocn1. The second kappa shape index (κ2) is 6.99. The number of hydrogen-bond acceptors (Lipinski definition) is 8. The molecule has 1 unspecified atom stereocenters. The normalized spacial score (nSPS) is 14.2. The Hall–Kier alpha value is -3.22. The van der Waals surface area contributed by atoms with Gasteiger partial charge < -0.3 is 13.3 Å². The highest BCUT2D eigenvalue weighted by Crippen LogP contribution is 2.29. The molecular weight excluding hydrogens is 413 g/mol. The van der Waals surface area contributed by atoms with Crippen molar-refractivity contribution in [3.8, 4) is 11.4 Å². The first-order valence-corrected chi connectivity index (χ1v) is 10.2. The predicted octanol–water partition coefficient (Wildman–Crippen LogP) is 3.19. The van der Waals surface area contributed by atoms with Crippen molar-refractivity contribution in [1.82, 2.24) is 24.5 Å². The molecule has 9 nitrogen and oxygen atoms in total. The van der Waals surface area contributed by atoms with Crippen molar-refractivity contribution in [3.63, 3.8) is 0 Å². The smallest absolute Gasteiger partial charge is 0.451 e. The highest BCUT2D eigenvalue weighted by atomic mass is 32.2. The van der Waals surface area contributed by atoms with Gasteiger partial charge in [-0.3, -0.25) is 0 Å². The Morgan fingerprint density at radius 1 is 1.21 bits per heavy atom. The molecule has 0 saturated heterocycles. The van der Waals surface area contributed by atoms with E-state index in [9.17, 15) is 17.4 Å². The van der Waals surface area contributed by atoms with Crippen LogP contribution < -0.4 is 0 Å². The van der Waals surface area contributed by atoms with E-state index >= 15 is 0 Å². The molecule has 0 saturated carbocycles. The molecule has 1 atom stereocenters. The van der Waals surface area contributed by atoms with Crippen molar-refractivity contribution in [3.05, 3.63) is 54.5 Å². The van der Waals surface area contributed by atoms with E-state index in [4.69, 9.17) is 4.42 Å². The molecule has 0 aliphatic rings. The lowest BCUT2D eigenvalue weighted by molar-refractivity contribution is -0.159. The van der Waals surface area contributed by atoms with Gasteiger partial charge in [-0.1, -0.05) is 5.16 Å². The van der Waals surface area contributed by atoms with Gasteiger partial charge in [-0.05, 0) is 12.1 Å². The summed E-state index contributed by atoms with van der Waals surface area (Å²) in [7, 11) is -2.58. The predicted molar refractivity (Wildman–Crippen MR) is 93.9 cm³/mol. The number of fused-ring (bicyclic) bond motifs is 1. The Morgan fingerprint density at radius 2 is 2.03 bits per heavy atom. The average molecular weight is 426 g/mol. The third-order valence-electron chi connectivity index (χ3n) is 3.83. The highest BCUT2D eigenvalue weighted by molar-refractivity contribution is 7.92. The van der Waals surface area contributed by atoms with Gasteiger partial charge in [0.2, 0.25) is 5.82 Å². The van der Waals surface area contributed by atoms with E-state index in [-0.39, 0.29) is 18.1 Å². The maximum Gasteiger partial charge on any atom is 0.471 e. The lowest BCUT2D eigenvalue weighted by Gasteiger charge is -2.00. The van der Waals surface area contributed by atoms with Gasteiger partial charge in [0.15, 0.2) is 6.39 Å². The number of hydrogen-bond donors (Lipinski definition) is 0. The molecule has 4 rings (SSSR count). The van der Waals surface area contributed by atoms with Crippen molar-refractivity contribution in [1.29, 1.82) is 0 Å². The molecule has 0 aromatic carbocycles. The number of oxazole rings is 1. The summed E-state index contributed by atoms with van der Waals surface area (Å²) in [6.07, 6.45) is 2.63. The van der Waals surface area contributed by atoms with E-state index in [0.717, 1.165) is 0 Å². The zero-order valence-corrected chi connectivity index (χ0v) is 15.6. The standard InChI is InChI=1S/C16H13F3N6O3S/c1-29(26,21-4-11-7-27-9-20-11)8-12-6-25-5-10(2-3-13(25)22-12)14-23-15(28-24-14)16(17,18)19/h2-3,5-7,9H,4,8H2,1H3. The van der Waals surface area contributed by atoms with Crippen LogP contribution in [0.3, 0.4) is 0 Å². The number of halogens is 3. The lowest BCUT2D eigenvalue weighted by Crippen LogP contribution is -2.04. The molecule has 13 heteroatoms. The van der Waals surface area contributed by atoms with Crippen molar-refractivity contribution in [2.75, 3.05) is 6.26 Å². The second-order valence-corrected chi connectivity index (χ2v) is 8.67. The largest absolute Gasteiger partial charge is 0.471 e. The first kappa shape index (κ1) is 19.1. The highest BCUT2D eigenvalue weighted by Gasteiger charge is 2.38. The molecule has 4 aromatic rings. The number of rotatable bonds is 5. The zero-order valence-electron chi connectivity index (χ0n) is 14.8. The van der Waals surface area contributed by atoms with Gasteiger partial charge in [0, 0.05) is 33.9 Å². The van der Waals surface area contributed by atoms with E-state index in [1.54, 1.807) is 16.7 Å². The quantitative estimate of drug-likeness (QED) is 0.482. The number of imidazole rings is 1. The minimum Gasteiger partial charge on any atom is -0.451 e. The maximum absolute atomic E-state index is 12.7. The molecule has 29 heavy (non-hydrogen) atoms. The van der Waals surface area contributed by atoms with Crippen LogP contribution in [0.5, 0.6) is 0 Å². The van der Waals surface area contributed by atoms with Crippen molar-refractivity contribution >= 4 is 15.4 Å². The third kappa shape index (κ3) is 4.29. The minimum absolute atomic E-state index is 0.0995. The molecule has 0 radical (unpaired) electrons. The van der Waals surface area contributed by atoms with Crippen LogP contribution in [-0.2, 0) is 28.2 Å². The average Bonchev–Trinajstić information content (AvgIpc) is 3.38. The fraction of sp³-hybridized carbons (Fsp3) is 0.250. The molecule has 4 heterocycles. The van der Waals surface area contributed by atoms with Gasteiger partial charge in [-0.2, -0.15) is 18.2 Å². The van der Waals surface area contributed by atoms with Crippen LogP contribution in [-0.4, -0.2) is 35.0 Å². The number of aromatic nitrogens is 5. The molecule has 152 valence electrons. The molecule has 0 bridgehead atoms. The molecule has 0 fully saturated rings. The summed E-state index contributed by atoms with van der Waals surface area (Å²) in [4.78, 5) is 11.7. The van der Waals surface area contributed by atoms with Crippen LogP contribution in [0.4, 0.5) is 13.2 Å². The summed E-state index contributed by atoms with van der Waals surface area (Å²) in [6.45, 7) is 0.155. The first-order valence-electron chi connectivity index (χ1n) is 8.11. The Morgan fingerprint density at radius 3 is 2.72 bits per heavy atom. The number of alkyl halides is 3. The van der Waals surface area contributed by atoms with Crippen molar-refractivity contribution < 1.29 is 26.3 Å². The summed E-state index contributed by atoms with van der Waals surface area (Å²) in [6, 6.07) is 3.11. The zero-order chi connectivity index (χ0) is 20.6. The molecule has 0 spiro atoms. The second-order valence-electron chi connectivity index (χ2n) is 6.21. The number of pyridine rings is 1. The van der Waals surface area contributed by atoms with Gasteiger partial charge >= 0.3 is 12.1 Å². The van der Waals surface area contributed by atoms with Crippen molar-refractivity contribution in [2.45, 2.75) is 18.5 Å². The Balaban J connectivity index is 1.58.